The molecule has 1 amide bonds. The molecule has 8 heteroatoms. The van der Waals surface area contributed by atoms with Crippen LogP contribution in [0.25, 0.3) is 0 Å². The van der Waals surface area contributed by atoms with Gasteiger partial charge in [-0.25, -0.2) is 4.79 Å². The number of carbonyl (C=O) groups is 2. The number of nitrogens with zero attached hydrogens (tertiary/aromatic N) is 1. The average Bonchev–Trinajstić information content (AvgIpc) is 2.41. The van der Waals surface area contributed by atoms with Gasteiger partial charge in [-0.05, 0) is 18.2 Å². The number of amides is 1. The Kier molecular flexibility index (Phi) is 4.30. The van der Waals surface area contributed by atoms with E-state index in [0.717, 1.165) is 12.3 Å². The molecule has 0 aliphatic carbocycles. The third-order valence-corrected chi connectivity index (χ3v) is 3.08. The topological polar surface area (TPSA) is 99.5 Å². The van der Waals surface area contributed by atoms with Crippen molar-refractivity contribution >= 4 is 40.8 Å². The van der Waals surface area contributed by atoms with Crippen LogP contribution in [-0.4, -0.2) is 27.1 Å². The number of halogens is 2. The number of hydrogen-bond donors (Lipinski definition) is 3. The lowest BCUT2D eigenvalue weighted by molar-refractivity contribution is 0.0698. The number of carbonyl (C=O) groups excluding carboxylic acids is 1. The molecule has 0 saturated carbocycles. The van der Waals surface area contributed by atoms with E-state index in [1.165, 1.54) is 18.3 Å². The number of pyridine rings is 1. The fraction of sp³-hybridized carbons (Fsp3) is 0. The molecule has 0 aliphatic heterocycles. The quantitative estimate of drug-likeness (QED) is 0.804. The van der Waals surface area contributed by atoms with E-state index in [4.69, 9.17) is 28.3 Å². The number of rotatable bonds is 3. The Morgan fingerprint density at radius 1 is 1.19 bits per heavy atom. The molecular weight excluding hydrogens is 319 g/mol. The molecular formula is C13H8Cl2N2O4. The van der Waals surface area contributed by atoms with E-state index < -0.39 is 11.9 Å². The van der Waals surface area contributed by atoms with E-state index in [-0.39, 0.29) is 32.6 Å². The molecule has 108 valence electrons. The molecule has 0 aliphatic rings. The SMILES string of the molecule is O=C(Nc1c(Cl)cc(Cl)cc1C(=O)O)c1ccncc1O. The van der Waals surface area contributed by atoms with Gasteiger partial charge in [0.2, 0.25) is 0 Å². The average molecular weight is 327 g/mol. The summed E-state index contributed by atoms with van der Waals surface area (Å²) < 4.78 is 0. The molecule has 0 unspecified atom stereocenters. The van der Waals surface area contributed by atoms with Crippen molar-refractivity contribution in [3.63, 3.8) is 0 Å². The van der Waals surface area contributed by atoms with Crippen LogP contribution in [0.5, 0.6) is 5.75 Å². The zero-order valence-electron chi connectivity index (χ0n) is 10.3. The Morgan fingerprint density at radius 3 is 2.52 bits per heavy atom. The van der Waals surface area contributed by atoms with Gasteiger partial charge < -0.3 is 15.5 Å². The van der Waals surface area contributed by atoms with Crippen LogP contribution < -0.4 is 5.32 Å². The van der Waals surface area contributed by atoms with Crippen molar-refractivity contribution in [2.45, 2.75) is 0 Å². The molecule has 1 aromatic carbocycles. The molecule has 0 radical (unpaired) electrons. The first-order chi connectivity index (χ1) is 9.90. The van der Waals surface area contributed by atoms with Crippen LogP contribution in [0.2, 0.25) is 10.0 Å². The number of hydrogen-bond acceptors (Lipinski definition) is 4. The predicted molar refractivity (Wildman–Crippen MR) is 77.3 cm³/mol. The van der Waals surface area contributed by atoms with Crippen molar-refractivity contribution in [1.82, 2.24) is 4.98 Å². The normalized spacial score (nSPS) is 10.2. The molecule has 21 heavy (non-hydrogen) atoms. The summed E-state index contributed by atoms with van der Waals surface area (Å²) in [6.07, 6.45) is 2.41. The lowest BCUT2D eigenvalue weighted by Crippen LogP contribution is -2.15. The first kappa shape index (κ1) is 15.1. The summed E-state index contributed by atoms with van der Waals surface area (Å²) in [6.45, 7) is 0. The van der Waals surface area contributed by atoms with Crippen molar-refractivity contribution in [3.05, 3.63) is 51.8 Å². The van der Waals surface area contributed by atoms with Crippen LogP contribution >= 0.6 is 23.2 Å². The molecule has 3 N–H and O–H groups in total. The summed E-state index contributed by atoms with van der Waals surface area (Å²) in [5, 5.41) is 21.1. The Morgan fingerprint density at radius 2 is 1.90 bits per heavy atom. The van der Waals surface area contributed by atoms with Crippen molar-refractivity contribution in [3.8, 4) is 5.75 Å². The first-order valence-electron chi connectivity index (χ1n) is 5.57. The highest BCUT2D eigenvalue weighted by molar-refractivity contribution is 6.38. The summed E-state index contributed by atoms with van der Waals surface area (Å²) >= 11 is 11.6. The zero-order chi connectivity index (χ0) is 15.6. The van der Waals surface area contributed by atoms with Gasteiger partial charge in [0.25, 0.3) is 5.91 Å². The lowest BCUT2D eigenvalue weighted by Gasteiger charge is -2.11. The van der Waals surface area contributed by atoms with Crippen molar-refractivity contribution in [2.24, 2.45) is 0 Å². The number of anilines is 1. The van der Waals surface area contributed by atoms with Crippen molar-refractivity contribution in [2.75, 3.05) is 5.32 Å². The van der Waals surface area contributed by atoms with Gasteiger partial charge in [-0.3, -0.25) is 9.78 Å². The smallest absolute Gasteiger partial charge is 0.337 e. The number of nitrogens with one attached hydrogen (secondary N) is 1. The molecule has 0 fully saturated rings. The van der Waals surface area contributed by atoms with E-state index in [2.05, 4.69) is 10.3 Å². The predicted octanol–water partition coefficient (Wildman–Crippen LogP) is 3.04. The summed E-state index contributed by atoms with van der Waals surface area (Å²) in [5.41, 5.74) is -0.420. The Bertz CT molecular complexity index is 734. The van der Waals surface area contributed by atoms with Crippen LogP contribution in [0.15, 0.2) is 30.6 Å². The standard InChI is InChI=1S/C13H8Cl2N2O4/c14-6-3-8(13(20)21)11(9(15)4-6)17-12(19)7-1-2-16-5-10(7)18/h1-5,18H,(H,17,19)(H,20,21). The molecule has 2 aromatic rings. The van der Waals surface area contributed by atoms with Crippen LogP contribution in [-0.2, 0) is 0 Å². The van der Waals surface area contributed by atoms with Crippen molar-refractivity contribution in [1.29, 1.82) is 0 Å². The van der Waals surface area contributed by atoms with E-state index >= 15 is 0 Å². The number of aromatic carboxylic acids is 1. The molecule has 0 saturated heterocycles. The van der Waals surface area contributed by atoms with Gasteiger partial charge in [0.05, 0.1) is 28.0 Å². The number of aromatic hydroxyl groups is 1. The number of aromatic nitrogens is 1. The highest BCUT2D eigenvalue weighted by atomic mass is 35.5. The number of benzene rings is 1. The third kappa shape index (κ3) is 3.24. The molecule has 1 aromatic heterocycles. The van der Waals surface area contributed by atoms with Gasteiger partial charge in [-0.1, -0.05) is 23.2 Å². The lowest BCUT2D eigenvalue weighted by atomic mass is 10.1. The highest BCUT2D eigenvalue weighted by Gasteiger charge is 2.19. The maximum absolute atomic E-state index is 12.1. The van der Waals surface area contributed by atoms with Crippen LogP contribution in [0, 0.1) is 0 Å². The summed E-state index contributed by atoms with van der Waals surface area (Å²) in [6, 6.07) is 3.75. The summed E-state index contributed by atoms with van der Waals surface area (Å²) in [4.78, 5) is 26.9. The van der Waals surface area contributed by atoms with Gasteiger partial charge in [0.1, 0.15) is 5.75 Å². The third-order valence-electron chi connectivity index (χ3n) is 2.57. The van der Waals surface area contributed by atoms with Gasteiger partial charge in [0, 0.05) is 11.2 Å². The van der Waals surface area contributed by atoms with Crippen LogP contribution in [0.4, 0.5) is 5.69 Å². The van der Waals surface area contributed by atoms with Gasteiger partial charge >= 0.3 is 5.97 Å². The molecule has 2 rings (SSSR count). The fourth-order valence-corrected chi connectivity index (χ4v) is 2.17. The fourth-order valence-electron chi connectivity index (χ4n) is 1.63. The minimum absolute atomic E-state index is 0.0261. The van der Waals surface area contributed by atoms with Gasteiger partial charge in [0.15, 0.2) is 0 Å². The van der Waals surface area contributed by atoms with E-state index in [0.29, 0.717) is 0 Å². The van der Waals surface area contributed by atoms with E-state index in [1.54, 1.807) is 0 Å². The summed E-state index contributed by atoms with van der Waals surface area (Å²) in [5.74, 6) is -2.35. The van der Waals surface area contributed by atoms with Gasteiger partial charge in [-0.2, -0.15) is 0 Å². The largest absolute Gasteiger partial charge is 0.505 e. The van der Waals surface area contributed by atoms with Crippen molar-refractivity contribution < 1.29 is 19.8 Å². The molecule has 0 atom stereocenters. The minimum Gasteiger partial charge on any atom is -0.505 e. The zero-order valence-corrected chi connectivity index (χ0v) is 11.8. The highest BCUT2D eigenvalue weighted by Crippen LogP contribution is 2.31. The minimum atomic E-state index is -1.30. The van der Waals surface area contributed by atoms with Crippen LogP contribution in [0.3, 0.4) is 0 Å². The Labute approximate surface area is 129 Å². The first-order valence-corrected chi connectivity index (χ1v) is 6.32. The summed E-state index contributed by atoms with van der Waals surface area (Å²) in [7, 11) is 0. The maximum Gasteiger partial charge on any atom is 0.337 e. The van der Waals surface area contributed by atoms with Crippen LogP contribution in [0.1, 0.15) is 20.7 Å². The second kappa shape index (κ2) is 5.99. The van der Waals surface area contributed by atoms with Gasteiger partial charge in [-0.15, -0.1) is 0 Å². The van der Waals surface area contributed by atoms with E-state index in [9.17, 15) is 14.7 Å². The number of carboxylic acids is 1. The molecule has 0 spiro atoms. The molecule has 6 nitrogen and oxygen atoms in total. The maximum atomic E-state index is 12.1. The second-order valence-electron chi connectivity index (χ2n) is 3.96. The number of carboxylic acid groups (broad SMARTS) is 1. The molecule has 1 heterocycles. The Hall–Kier alpha value is -2.31. The second-order valence-corrected chi connectivity index (χ2v) is 4.81. The molecule has 0 bridgehead atoms. The van der Waals surface area contributed by atoms with E-state index in [1.807, 2.05) is 0 Å². The monoisotopic (exact) mass is 326 g/mol. The Balaban J connectivity index is 2.42.